The molecule has 11 heteroatoms. The Kier molecular flexibility index (Phi) is 4.90. The second kappa shape index (κ2) is 8.05. The van der Waals surface area contributed by atoms with Crippen molar-refractivity contribution in [1.82, 2.24) is 24.3 Å². The quantitative estimate of drug-likeness (QED) is 0.344. The number of amides is 1. The maximum atomic E-state index is 13.8. The van der Waals surface area contributed by atoms with Gasteiger partial charge in [-0.05, 0) is 42.3 Å². The third-order valence-electron chi connectivity index (χ3n) is 6.51. The Morgan fingerprint density at radius 3 is 2.65 bits per heavy atom. The summed E-state index contributed by atoms with van der Waals surface area (Å²) in [6.07, 6.45) is 5.04. The van der Waals surface area contributed by atoms with Crippen molar-refractivity contribution in [3.63, 3.8) is 0 Å². The van der Waals surface area contributed by atoms with E-state index in [1.807, 2.05) is 0 Å². The fourth-order valence-corrected chi connectivity index (χ4v) is 4.74. The van der Waals surface area contributed by atoms with Crippen molar-refractivity contribution in [3.05, 3.63) is 95.1 Å². The largest absolute Gasteiger partial charge is 0.508 e. The molecule has 1 aliphatic rings. The first-order chi connectivity index (χ1) is 17.7. The van der Waals surface area contributed by atoms with E-state index in [1.165, 1.54) is 24.3 Å². The molecule has 6 rings (SSSR count). The molecule has 0 bridgehead atoms. The molecule has 3 aromatic heterocycles. The molecule has 5 aromatic rings. The van der Waals surface area contributed by atoms with Crippen molar-refractivity contribution >= 4 is 23.2 Å². The number of halogens is 2. The molecule has 0 saturated heterocycles. The van der Waals surface area contributed by atoms with Crippen LogP contribution in [0, 0.1) is 11.6 Å². The maximum absolute atomic E-state index is 13.8. The average Bonchev–Trinajstić information content (AvgIpc) is 3.41. The highest BCUT2D eigenvalue weighted by molar-refractivity contribution is 6.09. The Morgan fingerprint density at radius 1 is 1.11 bits per heavy atom. The number of nitrogens with zero attached hydrogens (tertiary/aromatic N) is 5. The summed E-state index contributed by atoms with van der Waals surface area (Å²) < 4.78 is 29.3. The van der Waals surface area contributed by atoms with E-state index in [0.29, 0.717) is 33.7 Å². The first kappa shape index (κ1) is 22.5. The summed E-state index contributed by atoms with van der Waals surface area (Å²) in [5.74, 6) is -1.27. The summed E-state index contributed by atoms with van der Waals surface area (Å²) in [7, 11) is 0. The molecule has 0 spiro atoms. The van der Waals surface area contributed by atoms with E-state index in [4.69, 9.17) is 5.73 Å². The number of nitrogen functional groups attached to an aromatic ring is 1. The van der Waals surface area contributed by atoms with Crippen LogP contribution in [0.2, 0.25) is 0 Å². The minimum absolute atomic E-state index is 0.0135. The molecule has 184 valence electrons. The summed E-state index contributed by atoms with van der Waals surface area (Å²) in [6, 6.07) is 9.64. The molecule has 4 heterocycles. The minimum Gasteiger partial charge on any atom is -0.508 e. The van der Waals surface area contributed by atoms with Crippen molar-refractivity contribution < 1.29 is 18.7 Å². The summed E-state index contributed by atoms with van der Waals surface area (Å²) >= 11 is 0. The number of hydrogen-bond acceptors (Lipinski definition) is 7. The van der Waals surface area contributed by atoms with E-state index in [-0.39, 0.29) is 35.5 Å². The first-order valence-electron chi connectivity index (χ1n) is 11.3. The van der Waals surface area contributed by atoms with Crippen LogP contribution in [0.15, 0.2) is 61.1 Å². The van der Waals surface area contributed by atoms with Gasteiger partial charge in [0, 0.05) is 31.1 Å². The number of phenolic OH excluding ortho intramolecular Hbond substituents is 1. The highest BCUT2D eigenvalue weighted by atomic mass is 19.1. The zero-order chi connectivity index (χ0) is 25.9. The Hall–Kier alpha value is -4.93. The summed E-state index contributed by atoms with van der Waals surface area (Å²) in [5, 5.41) is 12.7. The second-order valence-corrected chi connectivity index (χ2v) is 8.97. The number of benzene rings is 2. The standard InChI is InChI=1S/C26H19F2N7O2/c1-26(14-3-2-4-17(36)10-14)20-21(29)32-22(33-23(20)34-25(26)37)19-12-35-6-5-30-24(35)18(31-19)9-13-7-15(27)11-16(28)8-13/h2-8,10-12,36H,9H2,1H3,(H3,29,32,33,34,37). The van der Waals surface area contributed by atoms with Gasteiger partial charge in [-0.2, -0.15) is 0 Å². The predicted molar refractivity (Wildman–Crippen MR) is 131 cm³/mol. The van der Waals surface area contributed by atoms with E-state index in [9.17, 15) is 18.7 Å². The molecule has 1 aliphatic heterocycles. The molecule has 0 aliphatic carbocycles. The molecule has 0 radical (unpaired) electrons. The number of hydrogen-bond donors (Lipinski definition) is 3. The fourth-order valence-electron chi connectivity index (χ4n) is 4.74. The summed E-state index contributed by atoms with van der Waals surface area (Å²) in [5.41, 5.74) is 7.75. The van der Waals surface area contributed by atoms with Gasteiger partial charge in [0.15, 0.2) is 11.5 Å². The first-order valence-corrected chi connectivity index (χ1v) is 11.3. The van der Waals surface area contributed by atoms with Gasteiger partial charge in [-0.15, -0.1) is 0 Å². The van der Waals surface area contributed by atoms with Crippen LogP contribution in [0.25, 0.3) is 17.2 Å². The van der Waals surface area contributed by atoms with Gasteiger partial charge in [0.2, 0.25) is 5.91 Å². The Bertz CT molecular complexity index is 1720. The van der Waals surface area contributed by atoms with Gasteiger partial charge in [-0.1, -0.05) is 12.1 Å². The smallest absolute Gasteiger partial charge is 0.240 e. The average molecular weight is 499 g/mol. The van der Waals surface area contributed by atoms with Crippen molar-refractivity contribution in [2.75, 3.05) is 11.1 Å². The molecule has 0 saturated carbocycles. The normalized spacial score (nSPS) is 16.7. The third kappa shape index (κ3) is 3.63. The van der Waals surface area contributed by atoms with E-state index < -0.39 is 17.0 Å². The number of rotatable bonds is 4. The van der Waals surface area contributed by atoms with Gasteiger partial charge in [0.25, 0.3) is 0 Å². The minimum atomic E-state index is -1.22. The second-order valence-electron chi connectivity index (χ2n) is 8.97. The molecule has 2 aromatic carbocycles. The molecule has 9 nitrogen and oxygen atoms in total. The van der Waals surface area contributed by atoms with Gasteiger partial charge >= 0.3 is 0 Å². The van der Waals surface area contributed by atoms with Gasteiger partial charge in [0.05, 0.1) is 11.3 Å². The van der Waals surface area contributed by atoms with E-state index in [0.717, 1.165) is 6.07 Å². The van der Waals surface area contributed by atoms with Crippen LogP contribution in [0.5, 0.6) is 5.75 Å². The van der Waals surface area contributed by atoms with Gasteiger partial charge < -0.3 is 20.6 Å². The molecule has 1 amide bonds. The molecular weight excluding hydrogens is 480 g/mol. The van der Waals surface area contributed by atoms with E-state index in [1.54, 1.807) is 42.0 Å². The number of carbonyl (C=O) groups is 1. The van der Waals surface area contributed by atoms with Crippen LogP contribution < -0.4 is 11.1 Å². The number of nitrogens with one attached hydrogen (secondary N) is 1. The Morgan fingerprint density at radius 2 is 1.89 bits per heavy atom. The monoisotopic (exact) mass is 499 g/mol. The number of imidazole rings is 1. The lowest BCUT2D eigenvalue weighted by atomic mass is 9.77. The number of phenols is 1. The van der Waals surface area contributed by atoms with Crippen molar-refractivity contribution in [3.8, 4) is 17.3 Å². The molecule has 1 unspecified atom stereocenters. The van der Waals surface area contributed by atoms with E-state index in [2.05, 4.69) is 25.3 Å². The number of aromatic hydroxyl groups is 1. The van der Waals surface area contributed by atoms with Crippen molar-refractivity contribution in [2.45, 2.75) is 18.8 Å². The Labute approximate surface area is 208 Å². The number of fused-ring (bicyclic) bond motifs is 2. The van der Waals surface area contributed by atoms with E-state index >= 15 is 0 Å². The van der Waals surface area contributed by atoms with Crippen molar-refractivity contribution in [2.24, 2.45) is 0 Å². The molecule has 37 heavy (non-hydrogen) atoms. The predicted octanol–water partition coefficient (Wildman–Crippen LogP) is 3.60. The van der Waals surface area contributed by atoms with Crippen LogP contribution in [0.3, 0.4) is 0 Å². The Balaban J connectivity index is 1.46. The van der Waals surface area contributed by atoms with Crippen LogP contribution >= 0.6 is 0 Å². The lowest BCUT2D eigenvalue weighted by Crippen LogP contribution is -2.32. The zero-order valence-corrected chi connectivity index (χ0v) is 19.4. The van der Waals surface area contributed by atoms with Crippen LogP contribution in [-0.4, -0.2) is 35.4 Å². The van der Waals surface area contributed by atoms with Gasteiger partial charge in [0.1, 0.15) is 40.1 Å². The van der Waals surface area contributed by atoms with Crippen molar-refractivity contribution in [1.29, 1.82) is 0 Å². The number of carbonyl (C=O) groups excluding carboxylic acids is 1. The van der Waals surface area contributed by atoms with Crippen LogP contribution in [0.1, 0.15) is 29.3 Å². The fraction of sp³-hybridized carbons (Fsp3) is 0.115. The lowest BCUT2D eigenvalue weighted by Gasteiger charge is -2.23. The maximum Gasteiger partial charge on any atom is 0.240 e. The SMILES string of the molecule is CC1(c2cccc(O)c2)C(=O)Nc2nc(-c3cn4ccnc4c(Cc4cc(F)cc(F)c4)n3)nc(N)c21. The highest BCUT2D eigenvalue weighted by Gasteiger charge is 2.47. The lowest BCUT2D eigenvalue weighted by molar-refractivity contribution is -0.119. The van der Waals surface area contributed by atoms with Crippen LogP contribution in [0.4, 0.5) is 20.4 Å². The number of aromatic nitrogens is 5. The molecule has 0 fully saturated rings. The summed E-state index contributed by atoms with van der Waals surface area (Å²) in [6.45, 7) is 1.69. The van der Waals surface area contributed by atoms with Crippen LogP contribution in [-0.2, 0) is 16.6 Å². The molecular formula is C26H19F2N7O2. The third-order valence-corrected chi connectivity index (χ3v) is 6.51. The van der Waals surface area contributed by atoms with Gasteiger partial charge in [-0.3, -0.25) is 4.79 Å². The topological polar surface area (TPSA) is 131 Å². The number of nitrogens with two attached hydrogens (primary N) is 1. The zero-order valence-electron chi connectivity index (χ0n) is 19.4. The number of anilines is 2. The molecule has 4 N–H and O–H groups in total. The highest BCUT2D eigenvalue weighted by Crippen LogP contribution is 2.45. The summed E-state index contributed by atoms with van der Waals surface area (Å²) in [4.78, 5) is 31.1. The molecule has 1 atom stereocenters. The van der Waals surface area contributed by atoms with Gasteiger partial charge in [-0.25, -0.2) is 28.7 Å².